The van der Waals surface area contributed by atoms with Crippen molar-refractivity contribution >= 4 is 15.9 Å². The van der Waals surface area contributed by atoms with Crippen molar-refractivity contribution < 1.29 is 9.84 Å². The topological polar surface area (TPSA) is 29.5 Å². The van der Waals surface area contributed by atoms with Gasteiger partial charge >= 0.3 is 0 Å². The van der Waals surface area contributed by atoms with Gasteiger partial charge in [-0.05, 0) is 30.5 Å². The fraction of sp³-hybridized carbons (Fsp3) is 0.500. The molecule has 1 aromatic carbocycles. The normalized spacial score (nSPS) is 22.9. The Kier molecular flexibility index (Phi) is 3.78. The molecule has 2 rings (SSSR count). The maximum absolute atomic E-state index is 9.93. The van der Waals surface area contributed by atoms with Crippen LogP contribution in [-0.4, -0.2) is 23.9 Å². The fourth-order valence-corrected chi connectivity index (χ4v) is 2.16. The molecule has 1 aromatic rings. The van der Waals surface area contributed by atoms with Gasteiger partial charge in [0.05, 0.1) is 12.2 Å². The van der Waals surface area contributed by atoms with E-state index in [1.165, 1.54) is 0 Å². The number of aliphatic hydroxyl groups excluding tert-OH is 1. The molecule has 0 aliphatic carbocycles. The number of ether oxygens (including phenoxy) is 1. The molecule has 1 fully saturated rings. The van der Waals surface area contributed by atoms with Gasteiger partial charge < -0.3 is 9.84 Å². The molecule has 15 heavy (non-hydrogen) atoms. The van der Waals surface area contributed by atoms with Gasteiger partial charge in [-0.1, -0.05) is 28.1 Å². The Morgan fingerprint density at radius 1 is 1.40 bits per heavy atom. The molecule has 0 spiro atoms. The van der Waals surface area contributed by atoms with E-state index in [-0.39, 0.29) is 12.2 Å². The van der Waals surface area contributed by atoms with Gasteiger partial charge in [-0.25, -0.2) is 0 Å². The maximum Gasteiger partial charge on any atom is 0.0842 e. The van der Waals surface area contributed by atoms with Crippen molar-refractivity contribution in [1.29, 1.82) is 0 Å². The molecule has 1 heterocycles. The second-order valence-electron chi connectivity index (χ2n) is 3.95. The number of rotatable bonds is 3. The van der Waals surface area contributed by atoms with Gasteiger partial charge in [0.2, 0.25) is 0 Å². The Morgan fingerprint density at radius 3 is 2.73 bits per heavy atom. The van der Waals surface area contributed by atoms with Crippen LogP contribution >= 0.6 is 15.9 Å². The molecule has 3 heteroatoms. The quantitative estimate of drug-likeness (QED) is 0.915. The molecule has 0 saturated carbocycles. The highest BCUT2D eigenvalue weighted by Gasteiger charge is 2.23. The molecule has 2 atom stereocenters. The van der Waals surface area contributed by atoms with Crippen LogP contribution in [0.25, 0.3) is 0 Å². The summed E-state index contributed by atoms with van der Waals surface area (Å²) in [4.78, 5) is 0. The highest BCUT2D eigenvalue weighted by Crippen LogP contribution is 2.19. The molecule has 1 aliphatic rings. The van der Waals surface area contributed by atoms with Crippen LogP contribution in [-0.2, 0) is 11.2 Å². The predicted octanol–water partition coefficient (Wildman–Crippen LogP) is 2.53. The van der Waals surface area contributed by atoms with Crippen LogP contribution in [0.15, 0.2) is 28.7 Å². The summed E-state index contributed by atoms with van der Waals surface area (Å²) in [6.07, 6.45) is 2.40. The van der Waals surface area contributed by atoms with Crippen LogP contribution in [0, 0.1) is 0 Å². The second-order valence-corrected chi connectivity index (χ2v) is 4.87. The number of hydrogen-bond acceptors (Lipinski definition) is 2. The van der Waals surface area contributed by atoms with E-state index in [0.29, 0.717) is 6.42 Å². The Hall–Kier alpha value is -0.380. The largest absolute Gasteiger partial charge is 0.390 e. The first-order chi connectivity index (χ1) is 7.25. The average Bonchev–Trinajstić information content (AvgIpc) is 2.74. The zero-order valence-corrected chi connectivity index (χ0v) is 10.1. The summed E-state index contributed by atoms with van der Waals surface area (Å²) in [5, 5.41) is 9.93. The predicted molar refractivity (Wildman–Crippen MR) is 62.8 cm³/mol. The van der Waals surface area contributed by atoms with Crippen molar-refractivity contribution in [1.82, 2.24) is 0 Å². The van der Waals surface area contributed by atoms with Gasteiger partial charge in [0, 0.05) is 17.5 Å². The highest BCUT2D eigenvalue weighted by molar-refractivity contribution is 9.10. The van der Waals surface area contributed by atoms with E-state index >= 15 is 0 Å². The van der Waals surface area contributed by atoms with Crippen LogP contribution < -0.4 is 0 Å². The third-order valence-corrected chi connectivity index (χ3v) is 3.28. The first kappa shape index (κ1) is 11.1. The molecule has 1 saturated heterocycles. The third-order valence-electron chi connectivity index (χ3n) is 2.75. The molecule has 0 aromatic heterocycles. The monoisotopic (exact) mass is 270 g/mol. The zero-order chi connectivity index (χ0) is 10.7. The highest BCUT2D eigenvalue weighted by atomic mass is 79.9. The molecule has 0 radical (unpaired) electrons. The Balaban J connectivity index is 1.92. The summed E-state index contributed by atoms with van der Waals surface area (Å²) in [6, 6.07) is 8.06. The summed E-state index contributed by atoms with van der Waals surface area (Å²) in [5.74, 6) is 0. The second kappa shape index (κ2) is 5.10. The lowest BCUT2D eigenvalue weighted by Gasteiger charge is -2.17. The van der Waals surface area contributed by atoms with Crippen LogP contribution in [0.3, 0.4) is 0 Å². The SMILES string of the molecule is OC(Cc1ccc(Br)cc1)C1CCCO1. The minimum Gasteiger partial charge on any atom is -0.390 e. The van der Waals surface area contributed by atoms with Gasteiger partial charge in [-0.15, -0.1) is 0 Å². The van der Waals surface area contributed by atoms with Gasteiger partial charge in [-0.2, -0.15) is 0 Å². The standard InChI is InChI=1S/C12H15BrO2/c13-10-5-3-9(4-6-10)8-11(14)12-2-1-7-15-12/h3-6,11-12,14H,1-2,7-8H2. The van der Waals surface area contributed by atoms with Crippen molar-refractivity contribution in [2.24, 2.45) is 0 Å². The number of halogens is 1. The zero-order valence-electron chi connectivity index (χ0n) is 8.53. The molecule has 0 bridgehead atoms. The average molecular weight is 271 g/mol. The summed E-state index contributed by atoms with van der Waals surface area (Å²) < 4.78 is 6.52. The molecule has 1 N–H and O–H groups in total. The van der Waals surface area contributed by atoms with Gasteiger partial charge in [0.25, 0.3) is 0 Å². The summed E-state index contributed by atoms with van der Waals surface area (Å²) in [5.41, 5.74) is 1.15. The maximum atomic E-state index is 9.93. The van der Waals surface area contributed by atoms with Crippen molar-refractivity contribution in [2.45, 2.75) is 31.5 Å². The molecule has 0 amide bonds. The van der Waals surface area contributed by atoms with Crippen molar-refractivity contribution in [2.75, 3.05) is 6.61 Å². The lowest BCUT2D eigenvalue weighted by atomic mass is 10.0. The number of hydrogen-bond donors (Lipinski definition) is 1. The molecular weight excluding hydrogens is 256 g/mol. The Labute approximate surface area is 98.4 Å². The number of benzene rings is 1. The Bertz CT molecular complexity index is 304. The number of aliphatic hydroxyl groups is 1. The molecule has 82 valence electrons. The first-order valence-corrected chi connectivity index (χ1v) is 6.09. The van der Waals surface area contributed by atoms with Gasteiger partial charge in [-0.3, -0.25) is 0 Å². The Morgan fingerprint density at radius 2 is 2.13 bits per heavy atom. The van der Waals surface area contributed by atoms with Crippen LogP contribution in [0.1, 0.15) is 18.4 Å². The molecular formula is C12H15BrO2. The van der Waals surface area contributed by atoms with Gasteiger partial charge in [0.1, 0.15) is 0 Å². The smallest absolute Gasteiger partial charge is 0.0842 e. The lowest BCUT2D eigenvalue weighted by molar-refractivity contribution is -0.000772. The van der Waals surface area contributed by atoms with Crippen LogP contribution in [0.2, 0.25) is 0 Å². The van der Waals surface area contributed by atoms with Crippen molar-refractivity contribution in [3.05, 3.63) is 34.3 Å². The van der Waals surface area contributed by atoms with Crippen molar-refractivity contribution in [3.8, 4) is 0 Å². The molecule has 2 unspecified atom stereocenters. The van der Waals surface area contributed by atoms with E-state index in [0.717, 1.165) is 29.5 Å². The van der Waals surface area contributed by atoms with E-state index in [9.17, 15) is 5.11 Å². The first-order valence-electron chi connectivity index (χ1n) is 5.30. The van der Waals surface area contributed by atoms with Gasteiger partial charge in [0.15, 0.2) is 0 Å². The molecule has 1 aliphatic heterocycles. The van der Waals surface area contributed by atoms with Crippen LogP contribution in [0.5, 0.6) is 0 Å². The van der Waals surface area contributed by atoms with Crippen LogP contribution in [0.4, 0.5) is 0 Å². The molecule has 2 nitrogen and oxygen atoms in total. The summed E-state index contributed by atoms with van der Waals surface area (Å²) in [6.45, 7) is 0.794. The van der Waals surface area contributed by atoms with Crippen molar-refractivity contribution in [3.63, 3.8) is 0 Å². The van der Waals surface area contributed by atoms with E-state index in [2.05, 4.69) is 15.9 Å². The minimum absolute atomic E-state index is 0.0358. The summed E-state index contributed by atoms with van der Waals surface area (Å²) >= 11 is 3.39. The minimum atomic E-state index is -0.367. The lowest BCUT2D eigenvalue weighted by Crippen LogP contribution is -2.27. The fourth-order valence-electron chi connectivity index (χ4n) is 1.90. The van der Waals surface area contributed by atoms with E-state index < -0.39 is 0 Å². The summed E-state index contributed by atoms with van der Waals surface area (Å²) in [7, 11) is 0. The van der Waals surface area contributed by atoms with E-state index in [1.54, 1.807) is 0 Å². The van der Waals surface area contributed by atoms with E-state index in [4.69, 9.17) is 4.74 Å². The van der Waals surface area contributed by atoms with E-state index in [1.807, 2.05) is 24.3 Å². The third kappa shape index (κ3) is 3.03.